The second-order valence-corrected chi connectivity index (χ2v) is 13.7. The van der Waals surface area contributed by atoms with Gasteiger partial charge in [0.15, 0.2) is 0 Å². The van der Waals surface area contributed by atoms with Crippen molar-refractivity contribution >= 4 is 30.2 Å². The SMILES string of the molecule is CC1CC2CC(C)(S(=O)(=O)N(CCS(=O)(=O)O)S(=O)(=O)C(F)(F)F)CC2C1. The zero-order valence-corrected chi connectivity index (χ0v) is 17.1. The lowest BCUT2D eigenvalue weighted by Crippen LogP contribution is -2.53. The number of hydrogen-bond donors (Lipinski definition) is 1. The van der Waals surface area contributed by atoms with E-state index in [1.807, 2.05) is 6.92 Å². The monoisotopic (exact) mass is 457 g/mol. The topological polar surface area (TPSA) is 126 Å². The van der Waals surface area contributed by atoms with Crippen molar-refractivity contribution in [2.75, 3.05) is 12.3 Å². The summed E-state index contributed by atoms with van der Waals surface area (Å²) in [6.07, 6.45) is 1.40. The first-order valence-corrected chi connectivity index (χ1v) is 12.7. The molecule has 2 atom stereocenters. The molecule has 0 heterocycles. The molecule has 0 aromatic rings. The van der Waals surface area contributed by atoms with Gasteiger partial charge in [-0.3, -0.25) is 4.55 Å². The summed E-state index contributed by atoms with van der Waals surface area (Å²) in [6.45, 7) is 1.64. The number of halogens is 3. The van der Waals surface area contributed by atoms with Crippen LogP contribution in [0.2, 0.25) is 0 Å². The molecule has 0 saturated heterocycles. The van der Waals surface area contributed by atoms with Crippen LogP contribution in [0.25, 0.3) is 0 Å². The van der Waals surface area contributed by atoms with E-state index in [9.17, 15) is 38.4 Å². The Bertz CT molecular complexity index is 882. The number of sulfonamides is 2. The highest BCUT2D eigenvalue weighted by Crippen LogP contribution is 2.54. The first-order chi connectivity index (χ1) is 11.9. The molecule has 2 fully saturated rings. The first kappa shape index (κ1) is 22.8. The van der Waals surface area contributed by atoms with Crippen LogP contribution in [-0.4, -0.2) is 56.1 Å². The fourth-order valence-corrected chi connectivity index (χ4v) is 9.05. The van der Waals surface area contributed by atoms with Crippen LogP contribution in [0.1, 0.15) is 39.5 Å². The van der Waals surface area contributed by atoms with E-state index in [2.05, 4.69) is 0 Å². The zero-order chi connectivity index (χ0) is 21.1. The quantitative estimate of drug-likeness (QED) is 0.600. The predicted molar refractivity (Wildman–Crippen MR) is 90.0 cm³/mol. The van der Waals surface area contributed by atoms with Crippen molar-refractivity contribution in [1.29, 1.82) is 0 Å². The van der Waals surface area contributed by atoms with Crippen molar-refractivity contribution < 1.29 is 43.0 Å². The summed E-state index contributed by atoms with van der Waals surface area (Å²) in [6, 6.07) is 0. The van der Waals surface area contributed by atoms with Crippen LogP contribution >= 0.6 is 0 Å². The molecular formula is C13H22F3NO7S3. The standard InChI is InChI=1S/C13H22F3NO7S3/c1-9-5-10-7-12(2,8-11(10)6-9)26(21,22)17(3-4-25(18,19)20)27(23,24)13(14,15)16/h9-11H,3-8H2,1-2H3,(H,18,19,20). The second kappa shape index (κ2) is 6.82. The van der Waals surface area contributed by atoms with Gasteiger partial charge in [0.2, 0.25) is 10.0 Å². The van der Waals surface area contributed by atoms with E-state index in [1.54, 1.807) is 0 Å². The Balaban J connectivity index is 2.45. The minimum absolute atomic E-state index is 0.0000914. The largest absolute Gasteiger partial charge is 0.512 e. The van der Waals surface area contributed by atoms with E-state index in [4.69, 9.17) is 4.55 Å². The second-order valence-electron chi connectivity index (χ2n) is 7.69. The number of nitrogens with zero attached hydrogens (tertiary/aromatic N) is 1. The van der Waals surface area contributed by atoms with Gasteiger partial charge in [-0.25, -0.2) is 16.8 Å². The average molecular weight is 458 g/mol. The Morgan fingerprint density at radius 1 is 1.04 bits per heavy atom. The molecule has 2 unspecified atom stereocenters. The molecule has 0 amide bonds. The van der Waals surface area contributed by atoms with Crippen LogP contribution in [0, 0.1) is 17.8 Å². The van der Waals surface area contributed by atoms with E-state index >= 15 is 0 Å². The van der Waals surface area contributed by atoms with Gasteiger partial charge in [-0.1, -0.05) is 10.6 Å². The van der Waals surface area contributed by atoms with Gasteiger partial charge >= 0.3 is 15.5 Å². The maximum atomic E-state index is 13.0. The summed E-state index contributed by atoms with van der Waals surface area (Å²) in [7, 11) is -16.3. The van der Waals surface area contributed by atoms with Crippen LogP contribution in [0.4, 0.5) is 13.2 Å². The summed E-state index contributed by atoms with van der Waals surface area (Å²) < 4.78 is 117. The normalized spacial score (nSPS) is 32.8. The summed E-state index contributed by atoms with van der Waals surface area (Å²) in [5, 5.41) is 0. The molecule has 0 aromatic heterocycles. The number of fused-ring (bicyclic) bond motifs is 1. The van der Waals surface area contributed by atoms with Crippen molar-refractivity contribution in [2.45, 2.75) is 49.8 Å². The van der Waals surface area contributed by atoms with Crippen LogP contribution < -0.4 is 0 Å². The summed E-state index contributed by atoms with van der Waals surface area (Å²) in [4.78, 5) is 0. The lowest BCUT2D eigenvalue weighted by molar-refractivity contribution is -0.0469. The third-order valence-corrected chi connectivity index (χ3v) is 10.9. The summed E-state index contributed by atoms with van der Waals surface area (Å²) >= 11 is 0. The molecule has 27 heavy (non-hydrogen) atoms. The van der Waals surface area contributed by atoms with Gasteiger partial charge < -0.3 is 0 Å². The molecule has 0 aliphatic heterocycles. The van der Waals surface area contributed by atoms with Crippen molar-refractivity contribution in [3.8, 4) is 0 Å². The van der Waals surface area contributed by atoms with E-state index in [-0.39, 0.29) is 24.7 Å². The number of alkyl halides is 3. The van der Waals surface area contributed by atoms with Crippen molar-refractivity contribution in [3.63, 3.8) is 0 Å². The molecule has 160 valence electrons. The van der Waals surface area contributed by atoms with E-state index in [1.165, 1.54) is 6.92 Å². The molecule has 14 heteroatoms. The summed E-state index contributed by atoms with van der Waals surface area (Å²) in [5.74, 6) is -1.21. The molecule has 8 nitrogen and oxygen atoms in total. The molecular weight excluding hydrogens is 435 g/mol. The van der Waals surface area contributed by atoms with E-state index < -0.39 is 56.4 Å². The number of rotatable bonds is 6. The molecule has 0 radical (unpaired) electrons. The van der Waals surface area contributed by atoms with Crippen molar-refractivity contribution in [2.24, 2.45) is 17.8 Å². The molecule has 2 saturated carbocycles. The Labute approximate surface area is 157 Å². The Morgan fingerprint density at radius 3 is 1.85 bits per heavy atom. The third-order valence-electron chi connectivity index (χ3n) is 5.45. The lowest BCUT2D eigenvalue weighted by atomic mass is 10.0. The third kappa shape index (κ3) is 4.28. The smallest absolute Gasteiger partial charge is 0.286 e. The van der Waals surface area contributed by atoms with Gasteiger partial charge in [-0.15, -0.1) is 0 Å². The highest BCUT2D eigenvalue weighted by atomic mass is 32.3. The fraction of sp³-hybridized carbons (Fsp3) is 1.00. The van der Waals surface area contributed by atoms with Crippen LogP contribution in [0.15, 0.2) is 0 Å². The Kier molecular flexibility index (Phi) is 5.77. The van der Waals surface area contributed by atoms with Crippen molar-refractivity contribution in [1.82, 2.24) is 3.71 Å². The Hall–Kier alpha value is -0.440. The van der Waals surface area contributed by atoms with Gasteiger partial charge in [0.05, 0.1) is 10.5 Å². The van der Waals surface area contributed by atoms with Gasteiger partial charge in [-0.05, 0) is 50.4 Å². The maximum Gasteiger partial charge on any atom is 0.512 e. The van der Waals surface area contributed by atoms with Gasteiger partial charge in [0.25, 0.3) is 10.1 Å². The number of hydrogen-bond acceptors (Lipinski definition) is 6. The predicted octanol–water partition coefficient (Wildman–Crippen LogP) is 1.57. The molecule has 1 N–H and O–H groups in total. The fourth-order valence-electron chi connectivity index (χ4n) is 4.34. The van der Waals surface area contributed by atoms with Gasteiger partial charge in [0.1, 0.15) is 0 Å². The molecule has 0 bridgehead atoms. The zero-order valence-electron chi connectivity index (χ0n) is 14.7. The molecule has 0 spiro atoms. The van der Waals surface area contributed by atoms with Crippen LogP contribution in [-0.2, 0) is 30.2 Å². The minimum Gasteiger partial charge on any atom is -0.286 e. The highest BCUT2D eigenvalue weighted by Gasteiger charge is 2.61. The minimum atomic E-state index is -6.36. The average Bonchev–Trinajstić information content (AvgIpc) is 2.89. The van der Waals surface area contributed by atoms with Crippen LogP contribution in [0.3, 0.4) is 0 Å². The first-order valence-electron chi connectivity index (χ1n) is 8.20. The summed E-state index contributed by atoms with van der Waals surface area (Å²) in [5.41, 5.74) is -5.93. The maximum absolute atomic E-state index is 13.0. The van der Waals surface area contributed by atoms with Gasteiger partial charge in [0, 0.05) is 6.54 Å². The molecule has 2 aliphatic carbocycles. The molecule has 0 aromatic carbocycles. The van der Waals surface area contributed by atoms with Crippen molar-refractivity contribution in [3.05, 3.63) is 0 Å². The van der Waals surface area contributed by atoms with Crippen LogP contribution in [0.5, 0.6) is 0 Å². The lowest BCUT2D eigenvalue weighted by Gasteiger charge is -2.32. The molecule has 2 aliphatic rings. The Morgan fingerprint density at radius 2 is 1.48 bits per heavy atom. The highest BCUT2D eigenvalue weighted by molar-refractivity contribution is 8.05. The van der Waals surface area contributed by atoms with E-state index in [0.717, 1.165) is 0 Å². The van der Waals surface area contributed by atoms with E-state index in [0.29, 0.717) is 18.8 Å². The molecule has 2 rings (SSSR count). The van der Waals surface area contributed by atoms with Gasteiger partial charge in [-0.2, -0.15) is 21.6 Å².